The molecule has 1 N–H and O–H groups in total. The second kappa shape index (κ2) is 5.75. The van der Waals surface area contributed by atoms with Gasteiger partial charge in [-0.25, -0.2) is 0 Å². The van der Waals surface area contributed by atoms with Gasteiger partial charge in [0.2, 0.25) is 5.91 Å². The third-order valence-electron chi connectivity index (χ3n) is 6.09. The number of rotatable bonds is 3. The molecule has 23 heavy (non-hydrogen) atoms. The summed E-state index contributed by atoms with van der Waals surface area (Å²) < 4.78 is 0. The molecule has 0 radical (unpaired) electrons. The highest BCUT2D eigenvalue weighted by molar-refractivity contribution is 6.03. The van der Waals surface area contributed by atoms with Crippen LogP contribution in [0, 0.1) is 11.8 Å². The van der Waals surface area contributed by atoms with Crippen LogP contribution in [0.3, 0.4) is 0 Å². The van der Waals surface area contributed by atoms with Crippen molar-refractivity contribution < 1.29 is 9.59 Å². The molecule has 2 bridgehead atoms. The number of carbonyl (C=O) groups excluding carboxylic acids is 2. The predicted octanol–water partition coefficient (Wildman–Crippen LogP) is 2.80. The van der Waals surface area contributed by atoms with Gasteiger partial charge in [0.1, 0.15) is 0 Å². The molecule has 1 amide bonds. The average molecular weight is 312 g/mol. The van der Waals surface area contributed by atoms with Gasteiger partial charge in [-0.2, -0.15) is 0 Å². The molecule has 1 aromatic rings. The number of carbonyl (C=O) groups is 2. The maximum Gasteiger partial charge on any atom is 0.225 e. The van der Waals surface area contributed by atoms with E-state index in [-0.39, 0.29) is 23.7 Å². The number of benzene rings is 1. The standard InChI is InChI=1S/C19H24N2O2/c1-2-12-11-21-8-7-13(12)9-17(21)19(23)15-10-18(22)20-16-6-4-3-5-14(15)16/h3-6,12-13,15,17H,2,7-11H2,1H3,(H,20,22)/t12-,13-,15?,17+/m0/s1. The molecule has 2 unspecified atom stereocenters. The molecule has 1 aromatic carbocycles. The maximum atomic E-state index is 13.2. The molecule has 0 aliphatic carbocycles. The minimum absolute atomic E-state index is 0.0144. The van der Waals surface area contributed by atoms with Crippen LogP contribution in [0.1, 0.15) is 44.1 Å². The van der Waals surface area contributed by atoms with E-state index < -0.39 is 0 Å². The third kappa shape index (κ3) is 2.49. The van der Waals surface area contributed by atoms with Crippen LogP contribution in [0.2, 0.25) is 0 Å². The van der Waals surface area contributed by atoms with Gasteiger partial charge in [-0.3, -0.25) is 14.5 Å². The second-order valence-corrected chi connectivity index (χ2v) is 7.26. The van der Waals surface area contributed by atoms with E-state index >= 15 is 0 Å². The first-order chi connectivity index (χ1) is 11.2. The van der Waals surface area contributed by atoms with Crippen molar-refractivity contribution in [2.24, 2.45) is 11.8 Å². The van der Waals surface area contributed by atoms with E-state index in [9.17, 15) is 9.59 Å². The molecular weight excluding hydrogens is 288 g/mol. The number of Topliss-reactive ketones (excluding diaryl/α,β-unsaturated/α-hetero) is 1. The zero-order chi connectivity index (χ0) is 16.0. The topological polar surface area (TPSA) is 49.4 Å². The number of hydrogen-bond acceptors (Lipinski definition) is 3. The summed E-state index contributed by atoms with van der Waals surface area (Å²) in [5.41, 5.74) is 1.80. The van der Waals surface area contributed by atoms with E-state index in [0.29, 0.717) is 12.3 Å². The summed E-state index contributed by atoms with van der Waals surface area (Å²) in [6.45, 7) is 4.35. The zero-order valence-corrected chi connectivity index (χ0v) is 13.6. The summed E-state index contributed by atoms with van der Waals surface area (Å²) in [6.07, 6.45) is 3.71. The Balaban J connectivity index is 1.60. The number of piperidine rings is 3. The van der Waals surface area contributed by atoms with Gasteiger partial charge in [0.05, 0.1) is 12.0 Å². The maximum absolute atomic E-state index is 13.2. The molecule has 4 heteroatoms. The van der Waals surface area contributed by atoms with Crippen molar-refractivity contribution in [1.82, 2.24) is 4.90 Å². The molecule has 122 valence electrons. The van der Waals surface area contributed by atoms with Gasteiger partial charge in [0.25, 0.3) is 0 Å². The summed E-state index contributed by atoms with van der Waals surface area (Å²) >= 11 is 0. The van der Waals surface area contributed by atoms with Gasteiger partial charge < -0.3 is 5.32 Å². The molecule has 3 fully saturated rings. The van der Waals surface area contributed by atoms with Crippen molar-refractivity contribution in [3.8, 4) is 0 Å². The Kier molecular flexibility index (Phi) is 3.72. The van der Waals surface area contributed by atoms with E-state index in [2.05, 4.69) is 17.1 Å². The van der Waals surface area contributed by atoms with E-state index in [1.54, 1.807) is 0 Å². The summed E-state index contributed by atoms with van der Waals surface area (Å²) in [6, 6.07) is 7.76. The van der Waals surface area contributed by atoms with Crippen molar-refractivity contribution in [2.75, 3.05) is 18.4 Å². The van der Waals surface area contributed by atoms with E-state index in [0.717, 1.165) is 36.7 Å². The molecule has 4 aliphatic heterocycles. The molecule has 0 saturated carbocycles. The molecule has 0 spiro atoms. The molecule has 4 aliphatic rings. The van der Waals surface area contributed by atoms with Gasteiger partial charge >= 0.3 is 0 Å². The van der Waals surface area contributed by atoms with Crippen LogP contribution in [0.25, 0.3) is 0 Å². The third-order valence-corrected chi connectivity index (χ3v) is 6.09. The molecule has 4 nitrogen and oxygen atoms in total. The molecule has 4 heterocycles. The smallest absolute Gasteiger partial charge is 0.225 e. The lowest BCUT2D eigenvalue weighted by molar-refractivity contribution is -0.134. The number of nitrogens with one attached hydrogen (secondary N) is 1. The van der Waals surface area contributed by atoms with Crippen molar-refractivity contribution in [3.63, 3.8) is 0 Å². The number of hydrogen-bond donors (Lipinski definition) is 1. The number of ketones is 1. The fourth-order valence-corrected chi connectivity index (χ4v) is 4.79. The quantitative estimate of drug-likeness (QED) is 0.933. The van der Waals surface area contributed by atoms with Gasteiger partial charge in [-0.1, -0.05) is 31.5 Å². The van der Waals surface area contributed by atoms with Crippen LogP contribution in [-0.4, -0.2) is 35.7 Å². The van der Waals surface area contributed by atoms with Crippen LogP contribution < -0.4 is 5.32 Å². The highest BCUT2D eigenvalue weighted by atomic mass is 16.2. The predicted molar refractivity (Wildman–Crippen MR) is 89.3 cm³/mol. The lowest BCUT2D eigenvalue weighted by Crippen LogP contribution is -2.57. The Morgan fingerprint density at radius 1 is 1.35 bits per heavy atom. The average Bonchev–Trinajstić information content (AvgIpc) is 2.60. The largest absolute Gasteiger partial charge is 0.326 e. The first kappa shape index (κ1) is 14.9. The van der Waals surface area contributed by atoms with E-state index in [1.165, 1.54) is 12.8 Å². The first-order valence-electron chi connectivity index (χ1n) is 8.84. The lowest BCUT2D eigenvalue weighted by Gasteiger charge is -2.50. The highest BCUT2D eigenvalue weighted by Gasteiger charge is 2.45. The van der Waals surface area contributed by atoms with Gasteiger partial charge in [-0.05, 0) is 42.9 Å². The zero-order valence-electron chi connectivity index (χ0n) is 13.6. The second-order valence-electron chi connectivity index (χ2n) is 7.26. The van der Waals surface area contributed by atoms with Gasteiger partial charge in [0, 0.05) is 18.7 Å². The van der Waals surface area contributed by atoms with Crippen LogP contribution in [0.5, 0.6) is 0 Å². The van der Waals surface area contributed by atoms with Crippen molar-refractivity contribution in [3.05, 3.63) is 29.8 Å². The van der Waals surface area contributed by atoms with Crippen LogP contribution in [0.4, 0.5) is 5.69 Å². The summed E-state index contributed by atoms with van der Waals surface area (Å²) in [7, 11) is 0. The molecule has 3 saturated heterocycles. The van der Waals surface area contributed by atoms with E-state index in [4.69, 9.17) is 0 Å². The Bertz CT molecular complexity index is 642. The number of anilines is 1. The van der Waals surface area contributed by atoms with Crippen LogP contribution in [0.15, 0.2) is 24.3 Å². The number of amides is 1. The number of nitrogens with zero attached hydrogens (tertiary/aromatic N) is 1. The molecule has 5 atom stereocenters. The SMILES string of the molecule is CC[C@H]1CN2CC[C@H]1C[C@@H]2C(=O)C1CC(=O)Nc2ccccc21. The minimum Gasteiger partial charge on any atom is -0.326 e. The Hall–Kier alpha value is -1.68. The summed E-state index contributed by atoms with van der Waals surface area (Å²) in [5, 5.41) is 2.89. The Labute approximate surface area is 137 Å². The minimum atomic E-state index is -0.274. The Morgan fingerprint density at radius 2 is 2.17 bits per heavy atom. The van der Waals surface area contributed by atoms with Crippen molar-refractivity contribution >= 4 is 17.4 Å². The summed E-state index contributed by atoms with van der Waals surface area (Å²) in [5.74, 6) is 1.38. The fourth-order valence-electron chi connectivity index (χ4n) is 4.79. The normalized spacial score (nSPS) is 35.5. The van der Waals surface area contributed by atoms with Crippen molar-refractivity contribution in [1.29, 1.82) is 0 Å². The van der Waals surface area contributed by atoms with Crippen molar-refractivity contribution in [2.45, 2.75) is 44.6 Å². The molecule has 5 rings (SSSR count). The molecule has 0 aromatic heterocycles. The summed E-state index contributed by atoms with van der Waals surface area (Å²) in [4.78, 5) is 27.6. The highest BCUT2D eigenvalue weighted by Crippen LogP contribution is 2.41. The number of para-hydroxylation sites is 1. The van der Waals surface area contributed by atoms with E-state index in [1.807, 2.05) is 24.3 Å². The van der Waals surface area contributed by atoms with Gasteiger partial charge in [0.15, 0.2) is 5.78 Å². The lowest BCUT2D eigenvalue weighted by atomic mass is 9.71. The van der Waals surface area contributed by atoms with Crippen LogP contribution >= 0.6 is 0 Å². The molecular formula is C19H24N2O2. The van der Waals surface area contributed by atoms with Crippen LogP contribution in [-0.2, 0) is 9.59 Å². The first-order valence-corrected chi connectivity index (χ1v) is 8.84. The monoisotopic (exact) mass is 312 g/mol. The fraction of sp³-hybridized carbons (Fsp3) is 0.579. The van der Waals surface area contributed by atoms with Gasteiger partial charge in [-0.15, -0.1) is 0 Å². The number of fused-ring (bicyclic) bond motifs is 4. The Morgan fingerprint density at radius 3 is 2.91 bits per heavy atom.